The highest BCUT2D eigenvalue weighted by Gasteiger charge is 2.24. The minimum absolute atomic E-state index is 0.496. The number of nitrogens with one attached hydrogen (secondary N) is 2. The number of hydrogen-bond acceptors (Lipinski definition) is 6. The van der Waals surface area contributed by atoms with Crippen molar-refractivity contribution in [3.63, 3.8) is 0 Å². The lowest BCUT2D eigenvalue weighted by atomic mass is 9.92. The van der Waals surface area contributed by atoms with Crippen LogP contribution in [0.5, 0.6) is 0 Å². The summed E-state index contributed by atoms with van der Waals surface area (Å²) in [5.74, 6) is 4.69. The normalized spacial score (nSPS) is 22.1. The van der Waals surface area contributed by atoms with Gasteiger partial charge in [0.15, 0.2) is 5.11 Å². The summed E-state index contributed by atoms with van der Waals surface area (Å²) < 4.78 is 5.37. The fraction of sp³-hybridized carbons (Fsp3) is 0.609. The molecule has 2 saturated heterocycles. The van der Waals surface area contributed by atoms with E-state index < -0.39 is 0 Å². The van der Waals surface area contributed by atoms with Gasteiger partial charge in [0, 0.05) is 32.2 Å². The predicted octanol–water partition coefficient (Wildman–Crippen LogP) is 4.42. The van der Waals surface area contributed by atoms with Crippen LogP contribution in [0.15, 0.2) is 28.9 Å². The van der Waals surface area contributed by atoms with Gasteiger partial charge in [-0.1, -0.05) is 26.7 Å². The van der Waals surface area contributed by atoms with Crippen LogP contribution in [0.3, 0.4) is 0 Å². The van der Waals surface area contributed by atoms with Crippen molar-refractivity contribution in [2.45, 2.75) is 52.5 Å². The first-order valence-corrected chi connectivity index (χ1v) is 11.9. The summed E-state index contributed by atoms with van der Waals surface area (Å²) in [6.07, 6.45) is 7.94. The van der Waals surface area contributed by atoms with Crippen molar-refractivity contribution in [2.24, 2.45) is 11.8 Å². The Morgan fingerprint density at radius 3 is 2.39 bits per heavy atom. The van der Waals surface area contributed by atoms with Crippen molar-refractivity contribution in [1.82, 2.24) is 15.3 Å². The van der Waals surface area contributed by atoms with Gasteiger partial charge in [-0.2, -0.15) is 9.97 Å². The van der Waals surface area contributed by atoms with Crippen molar-refractivity contribution in [3.05, 3.63) is 30.2 Å². The predicted molar refractivity (Wildman–Crippen MR) is 130 cm³/mol. The molecule has 2 aliphatic heterocycles. The van der Waals surface area contributed by atoms with E-state index in [2.05, 4.69) is 40.3 Å². The van der Waals surface area contributed by atoms with Crippen LogP contribution in [-0.4, -0.2) is 41.3 Å². The maximum Gasteiger partial charge on any atom is 0.232 e. The van der Waals surface area contributed by atoms with Crippen LogP contribution in [0.4, 0.5) is 17.6 Å². The average molecular weight is 443 g/mol. The molecule has 4 heterocycles. The quantitative estimate of drug-likeness (QED) is 0.660. The molecule has 2 aromatic rings. The van der Waals surface area contributed by atoms with Crippen LogP contribution in [-0.2, 0) is 6.54 Å². The molecule has 8 heteroatoms. The van der Waals surface area contributed by atoms with Gasteiger partial charge in [-0.15, -0.1) is 0 Å². The van der Waals surface area contributed by atoms with E-state index in [9.17, 15) is 0 Å². The van der Waals surface area contributed by atoms with Gasteiger partial charge in [-0.3, -0.25) is 0 Å². The van der Waals surface area contributed by atoms with Crippen molar-refractivity contribution < 1.29 is 4.42 Å². The van der Waals surface area contributed by atoms with Crippen LogP contribution in [0.2, 0.25) is 0 Å². The lowest BCUT2D eigenvalue weighted by Gasteiger charge is -2.36. The number of furan rings is 1. The Kier molecular flexibility index (Phi) is 7.27. The van der Waals surface area contributed by atoms with Gasteiger partial charge in [0.1, 0.15) is 17.4 Å². The highest BCUT2D eigenvalue weighted by Crippen LogP contribution is 2.29. The summed E-state index contributed by atoms with van der Waals surface area (Å²) in [6.45, 7) is 9.33. The summed E-state index contributed by atoms with van der Waals surface area (Å²) >= 11 is 5.50. The standard InChI is InChI=1S/C23H34N6OS/c1-17-12-18(2)16-29(15-17)21-13-20(28-9-5-3-4-6-10-28)25-22(26-21)27-23(31)24-14-19-8-7-11-30-19/h7-8,11,13,17-18H,3-6,9-10,12,14-16H2,1-2H3,(H2,24,25,26,27,31)/t17-,18-/m0/s1. The number of piperidine rings is 1. The van der Waals surface area contributed by atoms with Gasteiger partial charge in [0.2, 0.25) is 5.95 Å². The van der Waals surface area contributed by atoms with Gasteiger partial charge in [0.05, 0.1) is 12.8 Å². The first kappa shape index (κ1) is 21.9. The van der Waals surface area contributed by atoms with Gasteiger partial charge < -0.3 is 24.9 Å². The third kappa shape index (κ3) is 6.09. The Balaban J connectivity index is 1.53. The molecule has 0 unspecified atom stereocenters. The van der Waals surface area contributed by atoms with Crippen molar-refractivity contribution in [3.8, 4) is 0 Å². The van der Waals surface area contributed by atoms with Crippen LogP contribution in [0.25, 0.3) is 0 Å². The number of hydrogen-bond donors (Lipinski definition) is 2. The summed E-state index contributed by atoms with van der Waals surface area (Å²) in [5, 5.41) is 6.88. The molecule has 0 saturated carbocycles. The molecule has 0 bridgehead atoms. The molecule has 0 aromatic carbocycles. The van der Waals surface area contributed by atoms with E-state index in [1.165, 1.54) is 32.1 Å². The third-order valence-electron chi connectivity index (χ3n) is 6.05. The average Bonchev–Trinajstić information content (AvgIpc) is 3.11. The van der Waals surface area contributed by atoms with Crippen molar-refractivity contribution in [2.75, 3.05) is 41.3 Å². The fourth-order valence-electron chi connectivity index (χ4n) is 4.68. The minimum Gasteiger partial charge on any atom is -0.467 e. The molecule has 2 atom stereocenters. The molecule has 0 amide bonds. The SMILES string of the molecule is C[C@H]1C[C@H](C)CN(c2cc(N3CCCCCC3)nc(NC(=S)NCc3ccco3)n2)C1. The highest BCUT2D eigenvalue weighted by atomic mass is 32.1. The Bertz CT molecular complexity index is 840. The van der Waals surface area contributed by atoms with Gasteiger partial charge in [0.25, 0.3) is 0 Å². The molecular weight excluding hydrogens is 408 g/mol. The Labute approximate surface area is 190 Å². The number of aromatic nitrogens is 2. The van der Waals surface area contributed by atoms with Gasteiger partial charge in [-0.25, -0.2) is 0 Å². The van der Waals surface area contributed by atoms with Crippen molar-refractivity contribution >= 4 is 34.9 Å². The van der Waals surface area contributed by atoms with E-state index in [4.69, 9.17) is 26.6 Å². The smallest absolute Gasteiger partial charge is 0.232 e. The lowest BCUT2D eigenvalue weighted by molar-refractivity contribution is 0.355. The summed E-state index contributed by atoms with van der Waals surface area (Å²) in [6, 6.07) is 5.96. The second-order valence-electron chi connectivity index (χ2n) is 9.05. The molecule has 0 aliphatic carbocycles. The monoisotopic (exact) mass is 442 g/mol. The molecule has 7 nitrogen and oxygen atoms in total. The molecular formula is C23H34N6OS. The highest BCUT2D eigenvalue weighted by molar-refractivity contribution is 7.80. The molecule has 0 spiro atoms. The second kappa shape index (κ2) is 10.3. The van der Waals surface area contributed by atoms with Gasteiger partial charge in [-0.05, 0) is 55.4 Å². The van der Waals surface area contributed by atoms with Crippen LogP contribution in [0.1, 0.15) is 51.7 Å². The Hall–Kier alpha value is -2.35. The molecule has 168 valence electrons. The Morgan fingerprint density at radius 1 is 1.06 bits per heavy atom. The summed E-state index contributed by atoms with van der Waals surface area (Å²) in [7, 11) is 0. The number of nitrogens with zero attached hydrogens (tertiary/aromatic N) is 4. The van der Waals surface area contributed by atoms with Crippen LogP contribution < -0.4 is 20.4 Å². The van der Waals surface area contributed by atoms with E-state index in [1.54, 1.807) is 6.26 Å². The number of rotatable bonds is 5. The molecule has 31 heavy (non-hydrogen) atoms. The molecule has 0 radical (unpaired) electrons. The van der Waals surface area contributed by atoms with E-state index >= 15 is 0 Å². The molecule has 2 fully saturated rings. The van der Waals surface area contributed by atoms with Crippen molar-refractivity contribution in [1.29, 1.82) is 0 Å². The zero-order chi connectivity index (χ0) is 21.6. The maximum atomic E-state index is 5.50. The fourth-order valence-corrected chi connectivity index (χ4v) is 4.84. The first-order valence-electron chi connectivity index (χ1n) is 11.5. The minimum atomic E-state index is 0.496. The first-order chi connectivity index (χ1) is 15.1. The molecule has 2 N–H and O–H groups in total. The van der Waals surface area contributed by atoms with E-state index in [1.807, 2.05) is 12.1 Å². The third-order valence-corrected chi connectivity index (χ3v) is 6.30. The lowest BCUT2D eigenvalue weighted by Crippen LogP contribution is -2.39. The second-order valence-corrected chi connectivity index (χ2v) is 9.46. The van der Waals surface area contributed by atoms with E-state index in [-0.39, 0.29) is 0 Å². The topological polar surface area (TPSA) is 69.5 Å². The maximum absolute atomic E-state index is 5.50. The summed E-state index contributed by atoms with van der Waals surface area (Å²) in [4.78, 5) is 14.5. The zero-order valence-electron chi connectivity index (χ0n) is 18.6. The Morgan fingerprint density at radius 2 is 1.74 bits per heavy atom. The van der Waals surface area contributed by atoms with Gasteiger partial charge >= 0.3 is 0 Å². The van der Waals surface area contributed by atoms with Crippen LogP contribution >= 0.6 is 12.2 Å². The largest absolute Gasteiger partial charge is 0.467 e. The van der Waals surface area contributed by atoms with E-state index in [0.29, 0.717) is 29.4 Å². The zero-order valence-corrected chi connectivity index (χ0v) is 19.5. The van der Waals surface area contributed by atoms with Crippen LogP contribution in [0, 0.1) is 11.8 Å². The molecule has 4 rings (SSSR count). The van der Waals surface area contributed by atoms with E-state index in [0.717, 1.165) is 43.6 Å². The number of thiocarbonyl (C=S) groups is 1. The number of anilines is 3. The molecule has 2 aliphatic rings. The molecule has 2 aromatic heterocycles. The summed E-state index contributed by atoms with van der Waals surface area (Å²) in [5.41, 5.74) is 0.